The van der Waals surface area contributed by atoms with E-state index in [1.165, 1.54) is 6.07 Å². The molecular formula is C11H13FO2. The molecular weight excluding hydrogens is 183 g/mol. The highest BCUT2D eigenvalue weighted by atomic mass is 19.1. The molecule has 0 heterocycles. The van der Waals surface area contributed by atoms with E-state index in [-0.39, 0.29) is 5.56 Å². The van der Waals surface area contributed by atoms with Crippen LogP contribution in [0.5, 0.6) is 0 Å². The van der Waals surface area contributed by atoms with E-state index in [1.807, 2.05) is 0 Å². The van der Waals surface area contributed by atoms with Gasteiger partial charge in [0.05, 0.1) is 12.2 Å². The first-order valence-electron chi connectivity index (χ1n) is 4.38. The van der Waals surface area contributed by atoms with Gasteiger partial charge in [0.25, 0.3) is 0 Å². The van der Waals surface area contributed by atoms with Crippen LogP contribution in [0.4, 0.5) is 4.39 Å². The van der Waals surface area contributed by atoms with Crippen LogP contribution in [-0.4, -0.2) is 17.8 Å². The summed E-state index contributed by atoms with van der Waals surface area (Å²) in [6, 6.07) is 6.51. The van der Waals surface area contributed by atoms with Crippen LogP contribution in [0.15, 0.2) is 24.3 Å². The number of alkyl halides is 1. The van der Waals surface area contributed by atoms with Gasteiger partial charge in [-0.3, -0.25) is 4.39 Å². The van der Waals surface area contributed by atoms with Gasteiger partial charge in [0.15, 0.2) is 0 Å². The Morgan fingerprint density at radius 3 is 2.50 bits per heavy atom. The minimum atomic E-state index is -1.01. The molecule has 2 nitrogen and oxygen atoms in total. The molecule has 0 saturated heterocycles. The lowest BCUT2D eigenvalue weighted by atomic mass is 9.83. The summed E-state index contributed by atoms with van der Waals surface area (Å²) in [6.07, 6.45) is 0. The number of rotatable bonds is 3. The lowest BCUT2D eigenvalue weighted by Crippen LogP contribution is -2.23. The first kappa shape index (κ1) is 10.7. The van der Waals surface area contributed by atoms with Gasteiger partial charge in [-0.1, -0.05) is 32.0 Å². The zero-order valence-electron chi connectivity index (χ0n) is 8.25. The molecule has 1 N–H and O–H groups in total. The van der Waals surface area contributed by atoms with E-state index in [4.69, 9.17) is 5.11 Å². The van der Waals surface area contributed by atoms with Crippen LogP contribution in [0.25, 0.3) is 0 Å². The van der Waals surface area contributed by atoms with E-state index < -0.39 is 18.1 Å². The van der Waals surface area contributed by atoms with Crippen LogP contribution >= 0.6 is 0 Å². The highest BCUT2D eigenvalue weighted by Gasteiger charge is 2.25. The summed E-state index contributed by atoms with van der Waals surface area (Å²) in [7, 11) is 0. The third kappa shape index (κ3) is 1.92. The van der Waals surface area contributed by atoms with Crippen molar-refractivity contribution in [1.82, 2.24) is 0 Å². The van der Waals surface area contributed by atoms with Crippen LogP contribution in [0.1, 0.15) is 29.8 Å². The first-order chi connectivity index (χ1) is 6.49. The van der Waals surface area contributed by atoms with E-state index in [1.54, 1.807) is 32.0 Å². The number of carboxylic acids is 1. The van der Waals surface area contributed by atoms with Gasteiger partial charge in [-0.15, -0.1) is 0 Å². The maximum Gasteiger partial charge on any atom is 0.335 e. The van der Waals surface area contributed by atoms with Crippen molar-refractivity contribution in [2.45, 2.75) is 19.3 Å². The number of aromatic carboxylic acids is 1. The second-order valence-electron chi connectivity index (χ2n) is 3.87. The van der Waals surface area contributed by atoms with Gasteiger partial charge in [0.1, 0.15) is 0 Å². The lowest BCUT2D eigenvalue weighted by molar-refractivity contribution is 0.0693. The molecule has 0 atom stereocenters. The van der Waals surface area contributed by atoms with Crippen LogP contribution in [0, 0.1) is 0 Å². The highest BCUT2D eigenvalue weighted by Crippen LogP contribution is 2.26. The molecule has 1 rings (SSSR count). The van der Waals surface area contributed by atoms with Crippen molar-refractivity contribution >= 4 is 5.97 Å². The Morgan fingerprint density at radius 1 is 1.43 bits per heavy atom. The molecule has 0 aromatic heterocycles. The summed E-state index contributed by atoms with van der Waals surface area (Å²) >= 11 is 0. The standard InChI is InChI=1S/C11H13FO2/c1-11(2,7-12)9-6-4-3-5-8(9)10(13)14/h3-6H,7H2,1-2H3,(H,13,14). The second kappa shape index (κ2) is 3.78. The Morgan fingerprint density at radius 2 is 2.00 bits per heavy atom. The zero-order chi connectivity index (χ0) is 10.8. The number of benzene rings is 1. The van der Waals surface area contributed by atoms with Gasteiger partial charge >= 0.3 is 5.97 Å². The van der Waals surface area contributed by atoms with Crippen LogP contribution in [0.2, 0.25) is 0 Å². The highest BCUT2D eigenvalue weighted by molar-refractivity contribution is 5.89. The minimum absolute atomic E-state index is 0.176. The fourth-order valence-corrected chi connectivity index (χ4v) is 1.33. The van der Waals surface area contributed by atoms with Crippen molar-refractivity contribution in [2.75, 3.05) is 6.67 Å². The van der Waals surface area contributed by atoms with E-state index in [9.17, 15) is 9.18 Å². The fraction of sp³-hybridized carbons (Fsp3) is 0.364. The van der Waals surface area contributed by atoms with Crippen molar-refractivity contribution in [2.24, 2.45) is 0 Å². The normalized spacial score (nSPS) is 11.4. The van der Waals surface area contributed by atoms with Gasteiger partial charge in [0, 0.05) is 5.41 Å². The maximum absolute atomic E-state index is 12.7. The van der Waals surface area contributed by atoms with E-state index in [2.05, 4.69) is 0 Å². The Bertz CT molecular complexity index is 345. The molecule has 14 heavy (non-hydrogen) atoms. The zero-order valence-corrected chi connectivity index (χ0v) is 8.25. The predicted molar refractivity (Wildman–Crippen MR) is 52.4 cm³/mol. The Labute approximate surface area is 82.4 Å². The maximum atomic E-state index is 12.7. The van der Waals surface area contributed by atoms with Crippen molar-refractivity contribution in [1.29, 1.82) is 0 Å². The number of carbonyl (C=O) groups is 1. The predicted octanol–water partition coefficient (Wildman–Crippen LogP) is 2.63. The Hall–Kier alpha value is -1.38. The van der Waals surface area contributed by atoms with Crippen LogP contribution < -0.4 is 0 Å². The van der Waals surface area contributed by atoms with Crippen molar-refractivity contribution in [3.63, 3.8) is 0 Å². The van der Waals surface area contributed by atoms with Crippen molar-refractivity contribution in [3.05, 3.63) is 35.4 Å². The molecule has 0 aliphatic heterocycles. The minimum Gasteiger partial charge on any atom is -0.478 e. The molecule has 0 amide bonds. The molecule has 1 aromatic carbocycles. The number of hydrogen-bond acceptors (Lipinski definition) is 1. The monoisotopic (exact) mass is 196 g/mol. The third-order valence-electron chi connectivity index (χ3n) is 2.22. The SMILES string of the molecule is CC(C)(CF)c1ccccc1C(=O)O. The average Bonchev–Trinajstić information content (AvgIpc) is 2.18. The van der Waals surface area contributed by atoms with Crippen molar-refractivity contribution in [3.8, 4) is 0 Å². The Balaban J connectivity index is 3.27. The molecule has 0 spiro atoms. The molecule has 0 aliphatic carbocycles. The molecule has 0 fully saturated rings. The van der Waals surface area contributed by atoms with Gasteiger partial charge in [-0.25, -0.2) is 4.79 Å². The summed E-state index contributed by atoms with van der Waals surface area (Å²) in [5.74, 6) is -1.01. The smallest absolute Gasteiger partial charge is 0.335 e. The fourth-order valence-electron chi connectivity index (χ4n) is 1.33. The summed E-state index contributed by atoms with van der Waals surface area (Å²) in [6.45, 7) is 2.81. The molecule has 0 aliphatic rings. The third-order valence-corrected chi connectivity index (χ3v) is 2.22. The van der Waals surface area contributed by atoms with Gasteiger partial charge in [-0.05, 0) is 11.6 Å². The van der Waals surface area contributed by atoms with E-state index >= 15 is 0 Å². The van der Waals surface area contributed by atoms with Gasteiger partial charge in [0.2, 0.25) is 0 Å². The first-order valence-corrected chi connectivity index (χ1v) is 4.38. The summed E-state index contributed by atoms with van der Waals surface area (Å²) in [5, 5.41) is 8.90. The molecule has 1 aromatic rings. The molecule has 0 bridgehead atoms. The lowest BCUT2D eigenvalue weighted by Gasteiger charge is -2.22. The van der Waals surface area contributed by atoms with Crippen LogP contribution in [-0.2, 0) is 5.41 Å². The van der Waals surface area contributed by atoms with E-state index in [0.29, 0.717) is 5.56 Å². The van der Waals surface area contributed by atoms with Crippen LogP contribution in [0.3, 0.4) is 0 Å². The molecule has 0 saturated carbocycles. The molecule has 0 radical (unpaired) electrons. The summed E-state index contributed by atoms with van der Waals surface area (Å²) in [4.78, 5) is 10.9. The number of halogens is 1. The second-order valence-corrected chi connectivity index (χ2v) is 3.87. The largest absolute Gasteiger partial charge is 0.478 e. The quantitative estimate of drug-likeness (QED) is 0.806. The van der Waals surface area contributed by atoms with Gasteiger partial charge in [-0.2, -0.15) is 0 Å². The molecule has 0 unspecified atom stereocenters. The molecule has 76 valence electrons. The summed E-state index contributed by atoms with van der Waals surface area (Å²) in [5.41, 5.74) is -0.0280. The Kier molecular flexibility index (Phi) is 2.89. The topological polar surface area (TPSA) is 37.3 Å². The van der Waals surface area contributed by atoms with Crippen molar-refractivity contribution < 1.29 is 14.3 Å². The van der Waals surface area contributed by atoms with Gasteiger partial charge < -0.3 is 5.11 Å². The average molecular weight is 196 g/mol. The van der Waals surface area contributed by atoms with E-state index in [0.717, 1.165) is 0 Å². The summed E-state index contributed by atoms with van der Waals surface area (Å²) < 4.78 is 12.7. The molecule has 3 heteroatoms. The number of hydrogen-bond donors (Lipinski definition) is 1. The number of carboxylic acid groups (broad SMARTS) is 1.